The average Bonchev–Trinajstić information content (AvgIpc) is 2.61. The Bertz CT molecular complexity index is 160. The molecule has 0 saturated carbocycles. The second kappa shape index (κ2) is 18.6. The van der Waals surface area contributed by atoms with Gasteiger partial charge in [-0.2, -0.15) is 0 Å². The van der Waals surface area contributed by atoms with Crippen molar-refractivity contribution in [3.63, 3.8) is 0 Å². The highest BCUT2D eigenvalue weighted by Gasteiger charge is 2.42. The first kappa shape index (κ1) is 26.4. The van der Waals surface area contributed by atoms with Crippen LogP contribution in [0.25, 0.3) is 0 Å². The van der Waals surface area contributed by atoms with Crippen LogP contribution in [0.5, 0.6) is 0 Å². The molecule has 8 nitrogen and oxygen atoms in total. The molecule has 2 aliphatic heterocycles. The molecule has 0 atom stereocenters. The van der Waals surface area contributed by atoms with Crippen molar-refractivity contribution in [1.29, 1.82) is 0 Å². The number of hydrogen-bond donors (Lipinski definition) is 4. The third-order valence-electron chi connectivity index (χ3n) is 1.92. The molecule has 0 aromatic heterocycles. The first-order chi connectivity index (χ1) is 10.2. The fourth-order valence-electron chi connectivity index (χ4n) is 1.09. The topological polar surface area (TPSA) is 118 Å². The zero-order chi connectivity index (χ0) is 17.3. The van der Waals surface area contributed by atoms with E-state index in [4.69, 9.17) is 38.1 Å². The van der Waals surface area contributed by atoms with Gasteiger partial charge >= 0.3 is 17.2 Å². The summed E-state index contributed by atoms with van der Waals surface area (Å²) in [6, 6.07) is 0. The fourth-order valence-corrected chi connectivity index (χ4v) is 2.78. The summed E-state index contributed by atoms with van der Waals surface area (Å²) >= 11 is 0. The minimum atomic E-state index is -1.72. The first-order valence-electron chi connectivity index (χ1n) is 6.59. The number of aliphatic hydroxyl groups excluding tert-OH is 2. The highest BCUT2D eigenvalue weighted by molar-refractivity contribution is 7.40. The highest BCUT2D eigenvalue weighted by atomic mass is 31.2. The molecular formula is C11H30O8P2. The molecule has 0 radical (unpaired) electrons. The van der Waals surface area contributed by atoms with Crippen LogP contribution >= 0.6 is 17.2 Å². The Morgan fingerprint density at radius 1 is 0.619 bits per heavy atom. The van der Waals surface area contributed by atoms with Crippen LogP contribution in [0, 0.1) is 5.41 Å². The van der Waals surface area contributed by atoms with E-state index < -0.39 is 17.2 Å². The van der Waals surface area contributed by atoms with Crippen molar-refractivity contribution in [3.8, 4) is 0 Å². The van der Waals surface area contributed by atoms with Gasteiger partial charge < -0.3 is 38.1 Å². The van der Waals surface area contributed by atoms with Crippen molar-refractivity contribution in [2.24, 2.45) is 5.41 Å². The van der Waals surface area contributed by atoms with E-state index in [0.717, 1.165) is 14.2 Å². The Balaban J connectivity index is -0.000000353. The maximum atomic E-state index is 8.97. The molecule has 2 heterocycles. The molecular weight excluding hydrogens is 322 g/mol. The van der Waals surface area contributed by atoms with Crippen LogP contribution in [0.2, 0.25) is 0 Å². The van der Waals surface area contributed by atoms with Gasteiger partial charge in [0.2, 0.25) is 0 Å². The van der Waals surface area contributed by atoms with Gasteiger partial charge in [-0.1, -0.05) is 27.7 Å². The minimum Gasteiger partial charge on any atom is -0.400 e. The molecule has 0 aliphatic carbocycles. The predicted octanol–water partition coefficient (Wildman–Crippen LogP) is 1.77. The van der Waals surface area contributed by atoms with Gasteiger partial charge in [0.15, 0.2) is 0 Å². The van der Waals surface area contributed by atoms with E-state index in [1.165, 1.54) is 0 Å². The van der Waals surface area contributed by atoms with Crippen LogP contribution < -0.4 is 0 Å². The molecule has 0 aromatic rings. The van der Waals surface area contributed by atoms with Crippen molar-refractivity contribution >= 4 is 17.2 Å². The molecule has 0 bridgehead atoms. The summed E-state index contributed by atoms with van der Waals surface area (Å²) in [5.74, 6) is 0. The highest BCUT2D eigenvalue weighted by Crippen LogP contribution is 2.48. The molecule has 0 aromatic carbocycles. The zero-order valence-corrected chi connectivity index (χ0v) is 15.4. The molecule has 132 valence electrons. The maximum absolute atomic E-state index is 8.97. The predicted molar refractivity (Wildman–Crippen MR) is 83.5 cm³/mol. The van der Waals surface area contributed by atoms with Gasteiger partial charge in [0.1, 0.15) is 0 Å². The number of aliphatic hydroxyl groups is 2. The lowest BCUT2D eigenvalue weighted by atomic mass is 9.93. The molecule has 2 rings (SSSR count). The Morgan fingerprint density at radius 3 is 1.00 bits per heavy atom. The van der Waals surface area contributed by atoms with Crippen molar-refractivity contribution in [2.45, 2.75) is 27.7 Å². The van der Waals surface area contributed by atoms with Gasteiger partial charge in [-0.3, -0.25) is 0 Å². The number of rotatable bonds is 0. The Kier molecular flexibility index (Phi) is 23.4. The van der Waals surface area contributed by atoms with Crippen molar-refractivity contribution < 1.29 is 38.1 Å². The van der Waals surface area contributed by atoms with Crippen LogP contribution in [0.3, 0.4) is 0 Å². The van der Waals surface area contributed by atoms with Crippen LogP contribution in [-0.4, -0.2) is 60.6 Å². The van der Waals surface area contributed by atoms with Crippen molar-refractivity contribution in [2.75, 3.05) is 40.6 Å². The summed E-state index contributed by atoms with van der Waals surface area (Å²) < 4.78 is 19.9. The fraction of sp³-hybridized carbons (Fsp3) is 1.00. The van der Waals surface area contributed by atoms with E-state index in [1.54, 1.807) is 0 Å². The molecule has 1 spiro atoms. The lowest BCUT2D eigenvalue weighted by Gasteiger charge is -2.39. The molecule has 2 aliphatic rings. The largest absolute Gasteiger partial charge is 0.400 e. The molecule has 10 heteroatoms. The maximum Gasteiger partial charge on any atom is 0.329 e. The normalized spacial score (nSPS) is 30.0. The molecule has 2 saturated heterocycles. The monoisotopic (exact) mass is 352 g/mol. The number of hydrogen-bond acceptors (Lipinski definition) is 8. The molecule has 21 heavy (non-hydrogen) atoms. The van der Waals surface area contributed by atoms with Gasteiger partial charge in [-0.05, 0) is 0 Å². The Labute approximate surface area is 130 Å². The van der Waals surface area contributed by atoms with Gasteiger partial charge in [-0.15, -0.1) is 0 Å². The van der Waals surface area contributed by atoms with Crippen LogP contribution in [0.15, 0.2) is 0 Å². The van der Waals surface area contributed by atoms with E-state index >= 15 is 0 Å². The van der Waals surface area contributed by atoms with Crippen LogP contribution in [-0.2, 0) is 18.1 Å². The Morgan fingerprint density at radius 2 is 0.810 bits per heavy atom. The van der Waals surface area contributed by atoms with E-state index in [2.05, 4.69) is 0 Å². The van der Waals surface area contributed by atoms with E-state index in [-0.39, 0.29) is 5.41 Å². The minimum absolute atomic E-state index is 0.346. The first-order valence-corrected chi connectivity index (χ1v) is 8.85. The second-order valence-electron chi connectivity index (χ2n) is 3.07. The summed E-state index contributed by atoms with van der Waals surface area (Å²) in [6.07, 6.45) is 0. The molecule has 2 fully saturated rings. The van der Waals surface area contributed by atoms with Crippen molar-refractivity contribution in [1.82, 2.24) is 0 Å². The standard InChI is InChI=1S/C5H10O6P2.2C2H6.2CH4O/c6-12-8-1-5(2-9-12)3-10-13(7)11-4-5;4*1-2/h6-7H,1-4H2;2*1-2H3;2*2H,1H3. The zero-order valence-electron chi connectivity index (χ0n) is 13.6. The lowest BCUT2D eigenvalue weighted by Crippen LogP contribution is -2.44. The summed E-state index contributed by atoms with van der Waals surface area (Å²) in [7, 11) is -1.44. The summed E-state index contributed by atoms with van der Waals surface area (Å²) in [5.41, 5.74) is -0.358. The molecule has 4 N–H and O–H groups in total. The smallest absolute Gasteiger partial charge is 0.329 e. The van der Waals surface area contributed by atoms with E-state index in [1.807, 2.05) is 27.7 Å². The third-order valence-corrected chi connectivity index (χ3v) is 3.32. The summed E-state index contributed by atoms with van der Waals surface area (Å²) in [6.45, 7) is 9.38. The van der Waals surface area contributed by atoms with Crippen molar-refractivity contribution in [3.05, 3.63) is 0 Å². The van der Waals surface area contributed by atoms with Crippen LogP contribution in [0.1, 0.15) is 27.7 Å². The second-order valence-corrected chi connectivity index (χ2v) is 5.05. The van der Waals surface area contributed by atoms with Gasteiger partial charge in [0, 0.05) is 14.2 Å². The summed E-state index contributed by atoms with van der Waals surface area (Å²) in [4.78, 5) is 17.9. The van der Waals surface area contributed by atoms with Crippen LogP contribution in [0.4, 0.5) is 0 Å². The Hall–Kier alpha value is 0.540. The third kappa shape index (κ3) is 11.7. The molecule has 0 amide bonds. The van der Waals surface area contributed by atoms with Gasteiger partial charge in [-0.25, -0.2) is 0 Å². The quantitative estimate of drug-likeness (QED) is 0.487. The molecule has 0 unspecified atom stereocenters. The van der Waals surface area contributed by atoms with E-state index in [0.29, 0.717) is 26.4 Å². The lowest BCUT2D eigenvalue weighted by molar-refractivity contribution is -0.0694. The van der Waals surface area contributed by atoms with Gasteiger partial charge in [0.05, 0.1) is 31.8 Å². The van der Waals surface area contributed by atoms with Gasteiger partial charge in [0.25, 0.3) is 0 Å². The summed E-state index contributed by atoms with van der Waals surface area (Å²) in [5, 5.41) is 14.0. The average molecular weight is 352 g/mol. The SMILES string of the molecule is CC.CC.CO.CO.OP1OCC2(CO1)COP(O)OC2. The van der Waals surface area contributed by atoms with E-state index in [9.17, 15) is 0 Å².